The molecule has 0 aliphatic heterocycles. The Morgan fingerprint density at radius 2 is 1.95 bits per heavy atom. The van der Waals surface area contributed by atoms with Crippen LogP contribution in [0.15, 0.2) is 65.0 Å². The fraction of sp³-hybridized carbons (Fsp3) is 0.419. The number of nitrogens with one attached hydrogen (secondary N) is 3. The molecule has 0 spiro atoms. The lowest BCUT2D eigenvalue weighted by Gasteiger charge is -2.18. The topological polar surface area (TPSA) is 150 Å². The first kappa shape index (κ1) is 33.1. The van der Waals surface area contributed by atoms with Gasteiger partial charge in [-0.05, 0) is 62.3 Å². The fourth-order valence-corrected chi connectivity index (χ4v) is 3.67. The molecule has 0 saturated heterocycles. The number of carbonyl (C=O) groups excluding carboxylic acids is 1. The standard InChI is InChI=1S/C25H31N7O.C6H13NO/c1-4-20(17-33)30-25-31-23(27-5-2)22(26-3)24(32-25)29-16-18-10-8-12-19(13-9-11-18)21-14-6-7-15-28-21;1-3-5(2)6(7)4-8/h6-10,13-15,20,33H,3-5,12,16-17H2,1-2H3,(H3,27,29,30,31,32);4-6H,3,7H2,1-2H3/b10-8-,19-13+;/t;5?,6-/m.1/s1. The average molecular weight is 561 g/mol. The summed E-state index contributed by atoms with van der Waals surface area (Å²) in [5.74, 6) is 1.89. The Bertz CT molecular complexity index is 1230. The van der Waals surface area contributed by atoms with Gasteiger partial charge in [0.1, 0.15) is 12.0 Å². The smallest absolute Gasteiger partial charge is 0.227 e. The highest BCUT2D eigenvalue weighted by Gasteiger charge is 2.15. The number of aromatic nitrogens is 3. The predicted octanol–water partition coefficient (Wildman–Crippen LogP) is 4.91. The van der Waals surface area contributed by atoms with E-state index in [2.05, 4.69) is 54.4 Å². The van der Waals surface area contributed by atoms with Crippen molar-refractivity contribution < 1.29 is 9.90 Å². The number of aliphatic imine (C=N–C) groups is 1. The Morgan fingerprint density at radius 3 is 2.51 bits per heavy atom. The van der Waals surface area contributed by atoms with E-state index < -0.39 is 0 Å². The molecule has 3 rings (SSSR count). The number of nitrogens with zero attached hydrogens (tertiary/aromatic N) is 4. The van der Waals surface area contributed by atoms with Crippen molar-refractivity contribution in [3.63, 3.8) is 0 Å². The van der Waals surface area contributed by atoms with E-state index in [9.17, 15) is 9.90 Å². The SMILES string of the molecule is C=Nc1c(NCC)nc(NC(CC)CO)nc1NCC1=C=C/C=C(/c2ccccn2)C/C=C\1.CCC(C)[C@H](N)C=O. The van der Waals surface area contributed by atoms with E-state index in [4.69, 9.17) is 5.73 Å². The molecule has 0 saturated carbocycles. The Kier molecular flexibility index (Phi) is 14.8. The predicted molar refractivity (Wildman–Crippen MR) is 170 cm³/mol. The zero-order valence-corrected chi connectivity index (χ0v) is 24.6. The maximum Gasteiger partial charge on any atom is 0.227 e. The molecule has 1 aliphatic carbocycles. The monoisotopic (exact) mass is 560 g/mol. The number of anilines is 3. The van der Waals surface area contributed by atoms with Gasteiger partial charge in [-0.3, -0.25) is 9.98 Å². The summed E-state index contributed by atoms with van der Waals surface area (Å²) in [6.07, 6.45) is 13.2. The van der Waals surface area contributed by atoms with Gasteiger partial charge in [-0.2, -0.15) is 9.97 Å². The summed E-state index contributed by atoms with van der Waals surface area (Å²) < 4.78 is 0. The van der Waals surface area contributed by atoms with Gasteiger partial charge in [-0.1, -0.05) is 45.4 Å². The second-order valence-corrected chi connectivity index (χ2v) is 9.52. The number of hydrogen-bond acceptors (Lipinski definition) is 10. The van der Waals surface area contributed by atoms with Crippen LogP contribution in [-0.2, 0) is 4.79 Å². The summed E-state index contributed by atoms with van der Waals surface area (Å²) in [7, 11) is 0. The summed E-state index contributed by atoms with van der Waals surface area (Å²) in [4.78, 5) is 27.6. The van der Waals surface area contributed by atoms with E-state index in [1.165, 1.54) is 0 Å². The summed E-state index contributed by atoms with van der Waals surface area (Å²) in [5.41, 5.74) is 12.3. The van der Waals surface area contributed by atoms with E-state index >= 15 is 0 Å². The summed E-state index contributed by atoms with van der Waals surface area (Å²) in [5, 5.41) is 19.3. The lowest BCUT2D eigenvalue weighted by molar-refractivity contribution is -0.109. The first-order chi connectivity index (χ1) is 19.9. The molecule has 0 amide bonds. The van der Waals surface area contributed by atoms with Gasteiger partial charge in [0, 0.05) is 24.9 Å². The molecule has 2 aromatic heterocycles. The van der Waals surface area contributed by atoms with Crippen molar-refractivity contribution in [2.45, 2.75) is 59.0 Å². The van der Waals surface area contributed by atoms with Gasteiger partial charge >= 0.3 is 0 Å². The Balaban J connectivity index is 0.000000642. The van der Waals surface area contributed by atoms with Gasteiger partial charge < -0.3 is 31.6 Å². The average Bonchev–Trinajstić information content (AvgIpc) is 2.99. The molecule has 0 bridgehead atoms. The van der Waals surface area contributed by atoms with Crippen molar-refractivity contribution in [3.8, 4) is 0 Å². The van der Waals surface area contributed by atoms with Crippen LogP contribution in [0.3, 0.4) is 0 Å². The van der Waals surface area contributed by atoms with Gasteiger partial charge in [0.25, 0.3) is 0 Å². The van der Waals surface area contributed by atoms with Crippen LogP contribution in [0.4, 0.5) is 23.3 Å². The van der Waals surface area contributed by atoms with Crippen LogP contribution in [-0.4, -0.2) is 64.8 Å². The molecule has 0 aromatic carbocycles. The third kappa shape index (κ3) is 10.8. The van der Waals surface area contributed by atoms with Crippen molar-refractivity contribution in [3.05, 3.63) is 65.7 Å². The van der Waals surface area contributed by atoms with Crippen LogP contribution in [0, 0.1) is 5.92 Å². The van der Waals surface area contributed by atoms with Crippen LogP contribution in [0.2, 0.25) is 0 Å². The molecule has 2 heterocycles. The maximum absolute atomic E-state index is 9.98. The third-order valence-corrected chi connectivity index (χ3v) is 6.54. The highest BCUT2D eigenvalue weighted by Crippen LogP contribution is 2.32. The molecule has 10 heteroatoms. The van der Waals surface area contributed by atoms with Gasteiger partial charge in [-0.15, -0.1) is 5.73 Å². The molecule has 41 heavy (non-hydrogen) atoms. The van der Waals surface area contributed by atoms with Gasteiger partial charge in [0.05, 0.1) is 24.4 Å². The highest BCUT2D eigenvalue weighted by atomic mass is 16.3. The van der Waals surface area contributed by atoms with E-state index in [1.54, 1.807) is 6.20 Å². The quantitative estimate of drug-likeness (QED) is 0.123. The van der Waals surface area contributed by atoms with Crippen molar-refractivity contribution in [2.75, 3.05) is 35.6 Å². The molecule has 220 valence electrons. The van der Waals surface area contributed by atoms with Crippen LogP contribution in [0.1, 0.15) is 52.7 Å². The van der Waals surface area contributed by atoms with Crippen LogP contribution < -0.4 is 21.7 Å². The van der Waals surface area contributed by atoms with Crippen molar-refractivity contribution >= 4 is 41.8 Å². The molecule has 3 atom stereocenters. The minimum atomic E-state index is -0.264. The first-order valence-electron chi connectivity index (χ1n) is 14.1. The molecule has 2 aromatic rings. The molecular formula is C31H44N8O2. The third-order valence-electron chi connectivity index (χ3n) is 6.54. The number of rotatable bonds is 14. The number of carbonyl (C=O) groups is 1. The summed E-state index contributed by atoms with van der Waals surface area (Å²) in [6, 6.07) is 5.51. The number of aldehydes is 1. The lowest BCUT2D eigenvalue weighted by Crippen LogP contribution is -2.28. The molecule has 0 fully saturated rings. The van der Waals surface area contributed by atoms with Crippen molar-refractivity contribution in [2.24, 2.45) is 16.6 Å². The molecule has 0 radical (unpaired) electrons. The molecule has 10 nitrogen and oxygen atoms in total. The number of hydrogen-bond donors (Lipinski definition) is 5. The molecule has 6 N–H and O–H groups in total. The Hall–Kier alpha value is -4.11. The molecule has 1 aliphatic rings. The Labute approximate surface area is 243 Å². The van der Waals surface area contributed by atoms with Crippen molar-refractivity contribution in [1.29, 1.82) is 0 Å². The van der Waals surface area contributed by atoms with Crippen molar-refractivity contribution in [1.82, 2.24) is 15.0 Å². The number of aliphatic hydroxyl groups excluding tert-OH is 1. The number of pyridine rings is 1. The van der Waals surface area contributed by atoms with Crippen LogP contribution in [0.25, 0.3) is 5.57 Å². The number of allylic oxidation sites excluding steroid dienone is 3. The minimum Gasteiger partial charge on any atom is -0.394 e. The highest BCUT2D eigenvalue weighted by molar-refractivity contribution is 5.77. The molecule has 2 unspecified atom stereocenters. The van der Waals surface area contributed by atoms with E-state index in [-0.39, 0.29) is 18.7 Å². The van der Waals surface area contributed by atoms with E-state index in [0.717, 1.165) is 42.4 Å². The largest absolute Gasteiger partial charge is 0.394 e. The van der Waals surface area contributed by atoms with E-state index in [1.807, 2.05) is 64.1 Å². The second kappa shape index (κ2) is 18.3. The maximum atomic E-state index is 9.98. The summed E-state index contributed by atoms with van der Waals surface area (Å²) in [6.45, 7) is 12.8. The van der Waals surface area contributed by atoms with Gasteiger partial charge in [-0.25, -0.2) is 0 Å². The normalized spacial score (nSPS) is 16.6. The zero-order chi connectivity index (χ0) is 30.0. The zero-order valence-electron chi connectivity index (χ0n) is 24.6. The number of aliphatic hydroxyl groups is 1. The van der Waals surface area contributed by atoms with Gasteiger partial charge in [0.2, 0.25) is 5.95 Å². The second-order valence-electron chi connectivity index (χ2n) is 9.52. The fourth-order valence-electron chi connectivity index (χ4n) is 3.67. The van der Waals surface area contributed by atoms with E-state index in [0.29, 0.717) is 42.3 Å². The molecular weight excluding hydrogens is 516 g/mol. The van der Waals surface area contributed by atoms with Crippen LogP contribution in [0.5, 0.6) is 0 Å². The van der Waals surface area contributed by atoms with Gasteiger partial charge in [0.15, 0.2) is 11.6 Å². The first-order valence-corrected chi connectivity index (χ1v) is 14.1. The van der Waals surface area contributed by atoms with Crippen LogP contribution >= 0.6 is 0 Å². The Morgan fingerprint density at radius 1 is 1.20 bits per heavy atom. The number of nitrogens with two attached hydrogens (primary N) is 1. The lowest BCUT2D eigenvalue weighted by atomic mass is 10.0. The summed E-state index contributed by atoms with van der Waals surface area (Å²) >= 11 is 0. The minimum absolute atomic E-state index is 0.00287.